The molecule has 0 spiro atoms. The van der Waals surface area contributed by atoms with Crippen LogP contribution >= 0.6 is 11.6 Å². The molecule has 0 saturated carbocycles. The van der Waals surface area contributed by atoms with E-state index in [9.17, 15) is 14.3 Å². The number of methoxy groups -OCH3 is 2. The molecule has 4 rings (SSSR count). The third-order valence-electron chi connectivity index (χ3n) is 6.17. The van der Waals surface area contributed by atoms with Crippen molar-refractivity contribution in [1.82, 2.24) is 19.9 Å². The molecule has 0 fully saturated rings. The normalized spacial score (nSPS) is 11.7. The smallest absolute Gasteiger partial charge is 0.253 e. The zero-order valence-electron chi connectivity index (χ0n) is 22.0. The Bertz CT molecular complexity index is 1470. The van der Waals surface area contributed by atoms with Gasteiger partial charge in [0.1, 0.15) is 11.6 Å². The molecule has 0 unspecified atom stereocenters. The number of aliphatic hydroxyl groups excluding tert-OH is 1. The van der Waals surface area contributed by atoms with Gasteiger partial charge in [0.05, 0.1) is 37.5 Å². The van der Waals surface area contributed by atoms with Crippen molar-refractivity contribution in [1.29, 1.82) is 0 Å². The number of nitrogens with zero attached hydrogens (tertiary/aromatic N) is 3. The zero-order valence-corrected chi connectivity index (χ0v) is 22.7. The van der Waals surface area contributed by atoms with Gasteiger partial charge >= 0.3 is 0 Å². The molecule has 1 atom stereocenters. The second kappa shape index (κ2) is 12.1. The summed E-state index contributed by atoms with van der Waals surface area (Å²) in [5, 5.41) is 15.7. The summed E-state index contributed by atoms with van der Waals surface area (Å²) in [6.07, 6.45) is 5.77. The third kappa shape index (κ3) is 6.13. The second-order valence-corrected chi connectivity index (χ2v) is 9.15. The van der Waals surface area contributed by atoms with Gasteiger partial charge in [-0.15, -0.1) is 0 Å². The number of rotatable bonds is 10. The van der Waals surface area contributed by atoms with Crippen LogP contribution in [0.5, 0.6) is 11.5 Å². The summed E-state index contributed by atoms with van der Waals surface area (Å²) < 4.78 is 26.2. The molecule has 9 nitrogen and oxygen atoms in total. The van der Waals surface area contributed by atoms with Crippen LogP contribution in [0.3, 0.4) is 0 Å². The van der Waals surface area contributed by atoms with E-state index in [0.717, 1.165) is 23.2 Å². The van der Waals surface area contributed by atoms with E-state index >= 15 is 0 Å². The summed E-state index contributed by atoms with van der Waals surface area (Å²) in [4.78, 5) is 22.0. The number of aromatic nitrogens is 3. The maximum atomic E-state index is 13.5. The second-order valence-electron chi connectivity index (χ2n) is 8.74. The number of amides is 1. The van der Waals surface area contributed by atoms with Crippen LogP contribution in [0, 0.1) is 12.7 Å². The first-order valence-electron chi connectivity index (χ1n) is 12.2. The van der Waals surface area contributed by atoms with Crippen molar-refractivity contribution < 1.29 is 23.8 Å². The molecule has 0 saturated heterocycles. The van der Waals surface area contributed by atoms with Crippen molar-refractivity contribution in [3.63, 3.8) is 0 Å². The van der Waals surface area contributed by atoms with Gasteiger partial charge < -0.3 is 29.8 Å². The van der Waals surface area contributed by atoms with E-state index in [4.69, 9.17) is 21.1 Å². The Kier molecular flexibility index (Phi) is 8.68. The number of carbonyl (C=O) groups excluding carboxylic acids is 1. The number of benzene rings is 2. The van der Waals surface area contributed by atoms with Crippen LogP contribution in [-0.2, 0) is 6.42 Å². The van der Waals surface area contributed by atoms with Crippen molar-refractivity contribution in [2.75, 3.05) is 26.1 Å². The summed E-state index contributed by atoms with van der Waals surface area (Å²) in [6, 6.07) is 8.68. The Labute approximate surface area is 230 Å². The van der Waals surface area contributed by atoms with Crippen molar-refractivity contribution in [2.45, 2.75) is 26.3 Å². The Morgan fingerprint density at radius 1 is 1.21 bits per heavy atom. The minimum atomic E-state index is -0.759. The van der Waals surface area contributed by atoms with Crippen molar-refractivity contribution in [3.05, 3.63) is 88.1 Å². The summed E-state index contributed by atoms with van der Waals surface area (Å²) in [5.41, 5.74) is 3.33. The molecule has 39 heavy (non-hydrogen) atoms. The maximum absolute atomic E-state index is 13.5. The van der Waals surface area contributed by atoms with Crippen molar-refractivity contribution >= 4 is 29.1 Å². The van der Waals surface area contributed by atoms with Gasteiger partial charge in [-0.3, -0.25) is 4.79 Å². The molecule has 204 valence electrons. The van der Waals surface area contributed by atoms with Crippen LogP contribution in [0.25, 0.3) is 5.82 Å². The highest BCUT2D eigenvalue weighted by Crippen LogP contribution is 2.35. The first kappa shape index (κ1) is 27.9. The molecule has 3 N–H and O–H groups in total. The predicted molar refractivity (Wildman–Crippen MR) is 147 cm³/mol. The van der Waals surface area contributed by atoms with Crippen LogP contribution < -0.4 is 20.1 Å². The zero-order chi connectivity index (χ0) is 28.1. The highest BCUT2D eigenvalue weighted by atomic mass is 35.5. The minimum absolute atomic E-state index is 0.0889. The van der Waals surface area contributed by atoms with Gasteiger partial charge in [0, 0.05) is 35.9 Å². The van der Waals surface area contributed by atoms with Crippen LogP contribution in [0.1, 0.15) is 40.0 Å². The number of hydrogen-bond acceptors (Lipinski definition) is 7. The number of halogens is 2. The van der Waals surface area contributed by atoms with Gasteiger partial charge in [-0.05, 0) is 48.7 Å². The highest BCUT2D eigenvalue weighted by molar-refractivity contribution is 6.30. The van der Waals surface area contributed by atoms with E-state index < -0.39 is 17.8 Å². The van der Waals surface area contributed by atoms with Crippen molar-refractivity contribution in [2.24, 2.45) is 0 Å². The summed E-state index contributed by atoms with van der Waals surface area (Å²) in [7, 11) is 3.19. The summed E-state index contributed by atoms with van der Waals surface area (Å²) in [5.74, 6) is 1.21. The van der Waals surface area contributed by atoms with Crippen LogP contribution in [0.4, 0.5) is 16.0 Å². The molecule has 0 aliphatic carbocycles. The Hall–Kier alpha value is -4.15. The molecular weight excluding hydrogens is 525 g/mol. The Morgan fingerprint density at radius 3 is 2.67 bits per heavy atom. The van der Waals surface area contributed by atoms with E-state index in [0.29, 0.717) is 34.4 Å². The predicted octanol–water partition coefficient (Wildman–Crippen LogP) is 5.15. The van der Waals surface area contributed by atoms with E-state index in [1.54, 1.807) is 43.4 Å². The van der Waals surface area contributed by atoms with Gasteiger partial charge in [-0.25, -0.2) is 9.37 Å². The molecule has 0 aliphatic rings. The van der Waals surface area contributed by atoms with Crippen LogP contribution in [-0.4, -0.2) is 46.4 Å². The number of nitrogens with one attached hydrogen (secondary N) is 2. The number of hydrogen-bond donors (Lipinski definition) is 3. The average Bonchev–Trinajstić information content (AvgIpc) is 3.44. The van der Waals surface area contributed by atoms with E-state index in [-0.39, 0.29) is 11.6 Å². The number of ether oxygens (including phenoxy) is 2. The highest BCUT2D eigenvalue weighted by Gasteiger charge is 2.18. The minimum Gasteiger partial charge on any atom is -0.493 e. The number of aliphatic hydroxyl groups is 1. The number of aryl methyl sites for hydroxylation is 2. The van der Waals surface area contributed by atoms with Crippen LogP contribution in [0.15, 0.2) is 55.0 Å². The van der Waals surface area contributed by atoms with E-state index in [1.807, 2.05) is 26.0 Å². The molecule has 11 heteroatoms. The third-order valence-corrected chi connectivity index (χ3v) is 6.46. The summed E-state index contributed by atoms with van der Waals surface area (Å²) in [6.45, 7) is 3.51. The topological polar surface area (TPSA) is 111 Å². The molecule has 0 radical (unpaired) electrons. The SMILES string of the molecule is CCc1cc(Nc2ncc(C)c(-n3ccc(C(=O)N[C@H](CO)c4ccc(F)c(Cl)c4)c3)n2)cc(OC)c1OC. The van der Waals surface area contributed by atoms with Gasteiger partial charge in [0.25, 0.3) is 5.91 Å². The molecule has 1 amide bonds. The fraction of sp³-hybridized carbons (Fsp3) is 0.250. The van der Waals surface area contributed by atoms with E-state index in [1.165, 1.54) is 18.2 Å². The van der Waals surface area contributed by atoms with Crippen molar-refractivity contribution in [3.8, 4) is 17.3 Å². The first-order valence-corrected chi connectivity index (χ1v) is 12.6. The molecule has 2 aromatic carbocycles. The molecule has 2 heterocycles. The molecule has 2 aromatic heterocycles. The van der Waals surface area contributed by atoms with Gasteiger partial charge in [-0.1, -0.05) is 24.6 Å². The number of carbonyl (C=O) groups is 1. The summed E-state index contributed by atoms with van der Waals surface area (Å²) >= 11 is 5.86. The molecule has 0 bridgehead atoms. The molecular formula is C28H29ClFN5O4. The van der Waals surface area contributed by atoms with Gasteiger partial charge in [0.15, 0.2) is 11.5 Å². The van der Waals surface area contributed by atoms with Crippen LogP contribution in [0.2, 0.25) is 5.02 Å². The first-order chi connectivity index (χ1) is 18.8. The lowest BCUT2D eigenvalue weighted by atomic mass is 10.1. The van der Waals surface area contributed by atoms with E-state index in [2.05, 4.69) is 20.6 Å². The lowest BCUT2D eigenvalue weighted by molar-refractivity contribution is 0.0916. The standard InChI is InChI=1S/C28H29ClFN5O4/c1-5-17-10-20(12-24(38-3)25(17)39-4)32-28-31-13-16(2)26(34-28)35-9-8-19(14-35)27(37)33-23(15-36)18-6-7-22(30)21(29)11-18/h6-14,23,36H,5,15H2,1-4H3,(H,33,37)(H,31,32,34)/t23-/m1/s1. The fourth-order valence-corrected chi connectivity index (χ4v) is 4.32. The maximum Gasteiger partial charge on any atom is 0.253 e. The van der Waals surface area contributed by atoms with Gasteiger partial charge in [0.2, 0.25) is 5.95 Å². The monoisotopic (exact) mass is 553 g/mol. The largest absolute Gasteiger partial charge is 0.493 e. The Morgan fingerprint density at radius 2 is 2.00 bits per heavy atom. The molecule has 0 aliphatic heterocycles. The lowest BCUT2D eigenvalue weighted by Gasteiger charge is -2.17. The average molecular weight is 554 g/mol. The quantitative estimate of drug-likeness (QED) is 0.249. The van der Waals surface area contributed by atoms with Gasteiger partial charge in [-0.2, -0.15) is 4.98 Å². The fourth-order valence-electron chi connectivity index (χ4n) is 4.13. The number of anilines is 2. The lowest BCUT2D eigenvalue weighted by Crippen LogP contribution is -2.30. The Balaban J connectivity index is 1.55. The molecule has 4 aromatic rings.